The third kappa shape index (κ3) is 4.77. The normalized spacial score (nSPS) is 17.2. The minimum Gasteiger partial charge on any atom is -0.376 e. The van der Waals surface area contributed by atoms with Crippen LogP contribution in [0.5, 0.6) is 0 Å². The van der Waals surface area contributed by atoms with Crippen molar-refractivity contribution in [1.82, 2.24) is 9.55 Å². The maximum atomic E-state index is 13.2. The summed E-state index contributed by atoms with van der Waals surface area (Å²) in [5.74, 6) is -0.149. The smallest absolute Gasteiger partial charge is 0.262 e. The number of rotatable bonds is 6. The van der Waals surface area contributed by atoms with Crippen LogP contribution in [-0.2, 0) is 16.1 Å². The second-order valence-corrected chi connectivity index (χ2v) is 9.45. The molecule has 0 saturated carbocycles. The first kappa shape index (κ1) is 21.1. The summed E-state index contributed by atoms with van der Waals surface area (Å²) in [6, 6.07) is 14.7. The first-order valence-electron chi connectivity index (χ1n) is 9.85. The molecule has 1 aromatic heterocycles. The molecule has 6 nitrogen and oxygen atoms in total. The Morgan fingerprint density at radius 3 is 2.93 bits per heavy atom. The monoisotopic (exact) mass is 487 g/mol. The molecule has 1 amide bonds. The van der Waals surface area contributed by atoms with Gasteiger partial charge in [0.05, 0.1) is 28.8 Å². The van der Waals surface area contributed by atoms with Crippen LogP contribution in [0.2, 0.25) is 0 Å². The molecule has 1 saturated heterocycles. The number of aromatic nitrogens is 2. The minimum absolute atomic E-state index is 0.00388. The molecule has 156 valence electrons. The number of hydrogen-bond acceptors (Lipinski definition) is 5. The topological polar surface area (TPSA) is 73.2 Å². The van der Waals surface area contributed by atoms with Crippen molar-refractivity contribution in [2.75, 3.05) is 11.9 Å². The Balaban J connectivity index is 1.61. The number of halogens is 1. The van der Waals surface area contributed by atoms with E-state index in [0.717, 1.165) is 17.3 Å². The van der Waals surface area contributed by atoms with Crippen molar-refractivity contribution in [3.63, 3.8) is 0 Å². The third-order valence-electron chi connectivity index (χ3n) is 4.98. The van der Waals surface area contributed by atoms with E-state index < -0.39 is 5.25 Å². The van der Waals surface area contributed by atoms with Crippen LogP contribution in [0.4, 0.5) is 5.69 Å². The van der Waals surface area contributed by atoms with Gasteiger partial charge in [-0.25, -0.2) is 4.98 Å². The van der Waals surface area contributed by atoms with Crippen LogP contribution in [0, 0.1) is 0 Å². The fraction of sp³-hybridized carbons (Fsp3) is 0.318. The summed E-state index contributed by atoms with van der Waals surface area (Å²) in [4.78, 5) is 30.6. The van der Waals surface area contributed by atoms with E-state index in [2.05, 4.69) is 21.2 Å². The van der Waals surface area contributed by atoms with Crippen LogP contribution < -0.4 is 10.9 Å². The fourth-order valence-electron chi connectivity index (χ4n) is 3.41. The summed E-state index contributed by atoms with van der Waals surface area (Å²) >= 11 is 4.70. The van der Waals surface area contributed by atoms with Crippen molar-refractivity contribution in [2.24, 2.45) is 0 Å². The number of hydrogen-bond donors (Lipinski definition) is 1. The van der Waals surface area contributed by atoms with Gasteiger partial charge in [-0.05, 0) is 50.1 Å². The summed E-state index contributed by atoms with van der Waals surface area (Å²) in [6.45, 7) is 2.98. The second kappa shape index (κ2) is 9.32. The molecule has 0 aliphatic carbocycles. The maximum absolute atomic E-state index is 13.2. The Labute approximate surface area is 187 Å². The van der Waals surface area contributed by atoms with Crippen molar-refractivity contribution in [2.45, 2.75) is 42.8 Å². The average molecular weight is 488 g/mol. The van der Waals surface area contributed by atoms with Gasteiger partial charge in [0.15, 0.2) is 5.16 Å². The molecule has 1 aliphatic rings. The van der Waals surface area contributed by atoms with E-state index in [9.17, 15) is 9.59 Å². The summed E-state index contributed by atoms with van der Waals surface area (Å²) in [5, 5.41) is 3.59. The van der Waals surface area contributed by atoms with Gasteiger partial charge in [-0.1, -0.05) is 45.9 Å². The predicted octanol–water partition coefficient (Wildman–Crippen LogP) is 4.46. The molecule has 2 heterocycles. The number of ether oxygens (including phenoxy) is 1. The first-order chi connectivity index (χ1) is 14.5. The predicted molar refractivity (Wildman–Crippen MR) is 123 cm³/mol. The van der Waals surface area contributed by atoms with E-state index >= 15 is 0 Å². The molecule has 2 atom stereocenters. The van der Waals surface area contributed by atoms with Crippen molar-refractivity contribution >= 4 is 50.2 Å². The lowest BCUT2D eigenvalue weighted by Crippen LogP contribution is -2.30. The molecule has 4 rings (SSSR count). The van der Waals surface area contributed by atoms with Gasteiger partial charge in [0, 0.05) is 16.8 Å². The van der Waals surface area contributed by atoms with E-state index in [1.54, 1.807) is 10.6 Å². The molecule has 2 aromatic carbocycles. The van der Waals surface area contributed by atoms with E-state index in [4.69, 9.17) is 9.72 Å². The standard InChI is InChI=1S/C22H22BrN3O3S/c1-14(20(27)24-16-7-4-6-15(23)12-16)30-22-25-19-10-3-2-9-18(19)21(28)26(22)13-17-8-5-11-29-17/h2-4,6-7,9-10,12,14,17H,5,8,11,13H2,1H3,(H,24,27). The number of amides is 1. The quantitative estimate of drug-likeness (QED) is 0.410. The highest BCUT2D eigenvalue weighted by atomic mass is 79.9. The van der Waals surface area contributed by atoms with Crippen molar-refractivity contribution in [3.05, 3.63) is 63.4 Å². The molecular formula is C22H22BrN3O3S. The molecular weight excluding hydrogens is 466 g/mol. The van der Waals surface area contributed by atoms with Gasteiger partial charge in [0.25, 0.3) is 5.56 Å². The zero-order valence-corrected chi connectivity index (χ0v) is 18.9. The van der Waals surface area contributed by atoms with Crippen molar-refractivity contribution in [3.8, 4) is 0 Å². The number of anilines is 1. The largest absolute Gasteiger partial charge is 0.376 e. The number of nitrogens with zero attached hydrogens (tertiary/aromatic N) is 2. The molecule has 1 aliphatic heterocycles. The van der Waals surface area contributed by atoms with Gasteiger partial charge < -0.3 is 10.1 Å². The average Bonchev–Trinajstić information content (AvgIpc) is 3.24. The van der Waals surface area contributed by atoms with E-state index in [0.29, 0.717) is 34.9 Å². The van der Waals surface area contributed by atoms with Gasteiger partial charge >= 0.3 is 0 Å². The number of para-hydroxylation sites is 1. The number of carbonyl (C=O) groups excluding carboxylic acids is 1. The molecule has 30 heavy (non-hydrogen) atoms. The van der Waals surface area contributed by atoms with E-state index in [-0.39, 0.29) is 17.6 Å². The highest BCUT2D eigenvalue weighted by Gasteiger charge is 2.23. The lowest BCUT2D eigenvalue weighted by molar-refractivity contribution is -0.115. The number of fused-ring (bicyclic) bond motifs is 1. The summed E-state index contributed by atoms with van der Waals surface area (Å²) < 4.78 is 8.29. The SMILES string of the molecule is CC(Sc1nc2ccccc2c(=O)n1CC1CCCO1)C(=O)Nc1cccc(Br)c1. The highest BCUT2D eigenvalue weighted by molar-refractivity contribution is 9.10. The summed E-state index contributed by atoms with van der Waals surface area (Å²) in [7, 11) is 0. The first-order valence-corrected chi connectivity index (χ1v) is 11.5. The Morgan fingerprint density at radius 2 is 2.17 bits per heavy atom. The molecule has 8 heteroatoms. The molecule has 2 unspecified atom stereocenters. The van der Waals surface area contributed by atoms with Crippen LogP contribution in [0.3, 0.4) is 0 Å². The van der Waals surface area contributed by atoms with Crippen molar-refractivity contribution < 1.29 is 9.53 Å². The van der Waals surface area contributed by atoms with Gasteiger partial charge in [-0.3, -0.25) is 14.2 Å². The number of thioether (sulfide) groups is 1. The molecule has 1 fully saturated rings. The second-order valence-electron chi connectivity index (χ2n) is 7.22. The Bertz CT molecular complexity index is 1130. The van der Waals surface area contributed by atoms with Crippen LogP contribution in [0.25, 0.3) is 10.9 Å². The number of nitrogens with one attached hydrogen (secondary N) is 1. The zero-order valence-electron chi connectivity index (χ0n) is 16.5. The lowest BCUT2D eigenvalue weighted by Gasteiger charge is -2.18. The Hall–Kier alpha value is -2.16. The third-order valence-corrected chi connectivity index (χ3v) is 6.56. The fourth-order valence-corrected chi connectivity index (χ4v) is 4.73. The van der Waals surface area contributed by atoms with Gasteiger partial charge in [0.2, 0.25) is 5.91 Å². The van der Waals surface area contributed by atoms with Gasteiger partial charge in [-0.2, -0.15) is 0 Å². The summed E-state index contributed by atoms with van der Waals surface area (Å²) in [6.07, 6.45) is 1.91. The molecule has 0 radical (unpaired) electrons. The van der Waals surface area contributed by atoms with Crippen molar-refractivity contribution in [1.29, 1.82) is 0 Å². The number of benzene rings is 2. The van der Waals surface area contributed by atoms with Gasteiger partial charge in [-0.15, -0.1) is 0 Å². The van der Waals surface area contributed by atoms with Crippen LogP contribution in [0.1, 0.15) is 19.8 Å². The molecule has 0 spiro atoms. The van der Waals surface area contributed by atoms with Crippen LogP contribution >= 0.6 is 27.7 Å². The van der Waals surface area contributed by atoms with Crippen LogP contribution in [-0.4, -0.2) is 33.4 Å². The molecule has 0 bridgehead atoms. The summed E-state index contributed by atoms with van der Waals surface area (Å²) in [5.41, 5.74) is 1.25. The maximum Gasteiger partial charge on any atom is 0.262 e. The van der Waals surface area contributed by atoms with E-state index in [1.807, 2.05) is 49.4 Å². The van der Waals surface area contributed by atoms with E-state index in [1.165, 1.54) is 11.8 Å². The lowest BCUT2D eigenvalue weighted by atomic mass is 10.2. The van der Waals surface area contributed by atoms with Gasteiger partial charge in [0.1, 0.15) is 0 Å². The Kier molecular flexibility index (Phi) is 6.55. The zero-order chi connectivity index (χ0) is 21.1. The van der Waals surface area contributed by atoms with Crippen LogP contribution in [0.15, 0.2) is 63.0 Å². The molecule has 3 aromatic rings. The molecule has 1 N–H and O–H groups in total. The Morgan fingerprint density at radius 1 is 1.33 bits per heavy atom. The number of carbonyl (C=O) groups is 1. The minimum atomic E-state index is -0.437. The highest BCUT2D eigenvalue weighted by Crippen LogP contribution is 2.25.